The Balaban J connectivity index is 1.43. The first kappa shape index (κ1) is 23.7. The van der Waals surface area contributed by atoms with Crippen LogP contribution in [0.4, 0.5) is 18.9 Å². The molecule has 1 aromatic carbocycles. The molecule has 188 valence electrons. The minimum absolute atomic E-state index is 0.0341. The molecule has 1 saturated heterocycles. The number of rotatable bonds is 8. The lowest BCUT2D eigenvalue weighted by molar-refractivity contribution is -0.139. The van der Waals surface area contributed by atoms with Crippen LogP contribution in [-0.2, 0) is 17.9 Å². The zero-order chi connectivity index (χ0) is 24.6. The second-order valence-corrected chi connectivity index (χ2v) is 9.33. The number of halogens is 3. The van der Waals surface area contributed by atoms with E-state index in [0.717, 1.165) is 51.0 Å². The first-order chi connectivity index (χ1) is 16.8. The number of anilines is 1. The van der Waals surface area contributed by atoms with Crippen LogP contribution in [0.15, 0.2) is 28.8 Å². The number of nitrogens with zero attached hydrogens (tertiary/aromatic N) is 4. The van der Waals surface area contributed by atoms with E-state index in [1.54, 1.807) is 18.2 Å². The maximum Gasteiger partial charge on any atom is 0.406 e. The van der Waals surface area contributed by atoms with Crippen molar-refractivity contribution >= 4 is 22.5 Å². The summed E-state index contributed by atoms with van der Waals surface area (Å²) in [6.45, 7) is 4.02. The Morgan fingerprint density at radius 1 is 1.20 bits per heavy atom. The Bertz CT molecular complexity index is 1190. The molecule has 0 unspecified atom stereocenters. The standard InChI is InChI=1S/C24H29F3N6O2/c1-2-32-10-8-16(9-11-32)29-18-4-3-5-19-17(18)12-20(33(19)14-24(25,26)27)22-30-21(35-31-22)13-28-23(34)15-6-7-15/h3-5,12,15-16,29H,2,6-11,13-14H2,1H3,(H,28,34). The fourth-order valence-corrected chi connectivity index (χ4v) is 4.64. The number of nitrogens with one attached hydrogen (secondary N) is 2. The van der Waals surface area contributed by atoms with Crippen LogP contribution in [0.5, 0.6) is 0 Å². The van der Waals surface area contributed by atoms with Crippen molar-refractivity contribution in [1.29, 1.82) is 0 Å². The minimum Gasteiger partial charge on any atom is -0.382 e. The van der Waals surface area contributed by atoms with Gasteiger partial charge in [-0.25, -0.2) is 0 Å². The van der Waals surface area contributed by atoms with Crippen molar-refractivity contribution in [2.24, 2.45) is 5.92 Å². The molecule has 1 aliphatic heterocycles. The molecule has 2 aromatic heterocycles. The van der Waals surface area contributed by atoms with Gasteiger partial charge in [-0.05, 0) is 50.4 Å². The highest BCUT2D eigenvalue weighted by atomic mass is 19.4. The van der Waals surface area contributed by atoms with Gasteiger partial charge in [-0.1, -0.05) is 18.1 Å². The molecule has 1 saturated carbocycles. The third-order valence-electron chi connectivity index (χ3n) is 6.74. The molecule has 5 rings (SSSR count). The Labute approximate surface area is 200 Å². The van der Waals surface area contributed by atoms with Crippen LogP contribution in [0.1, 0.15) is 38.5 Å². The Morgan fingerprint density at radius 3 is 2.66 bits per heavy atom. The lowest BCUT2D eigenvalue weighted by Gasteiger charge is -2.32. The van der Waals surface area contributed by atoms with Gasteiger partial charge in [0.15, 0.2) is 0 Å². The molecule has 0 bridgehead atoms. The van der Waals surface area contributed by atoms with Gasteiger partial charge in [0.2, 0.25) is 17.6 Å². The van der Waals surface area contributed by atoms with E-state index in [-0.39, 0.29) is 41.8 Å². The first-order valence-electron chi connectivity index (χ1n) is 12.1. The lowest BCUT2D eigenvalue weighted by atomic mass is 10.0. The van der Waals surface area contributed by atoms with E-state index in [2.05, 4.69) is 32.6 Å². The molecule has 0 atom stereocenters. The van der Waals surface area contributed by atoms with Crippen molar-refractivity contribution in [2.45, 2.75) is 57.9 Å². The number of benzene rings is 1. The van der Waals surface area contributed by atoms with E-state index in [1.165, 1.54) is 4.57 Å². The number of hydrogen-bond donors (Lipinski definition) is 2. The zero-order valence-corrected chi connectivity index (χ0v) is 19.6. The number of aromatic nitrogens is 3. The summed E-state index contributed by atoms with van der Waals surface area (Å²) in [7, 11) is 0. The lowest BCUT2D eigenvalue weighted by Crippen LogP contribution is -2.38. The monoisotopic (exact) mass is 490 g/mol. The van der Waals surface area contributed by atoms with Crippen LogP contribution in [0, 0.1) is 5.92 Å². The summed E-state index contributed by atoms with van der Waals surface area (Å²) in [5, 5.41) is 10.9. The molecular weight excluding hydrogens is 461 g/mol. The maximum absolute atomic E-state index is 13.5. The van der Waals surface area contributed by atoms with E-state index in [4.69, 9.17) is 4.52 Å². The molecule has 2 aliphatic rings. The smallest absolute Gasteiger partial charge is 0.382 e. The summed E-state index contributed by atoms with van der Waals surface area (Å²) in [6, 6.07) is 7.27. The van der Waals surface area contributed by atoms with Crippen molar-refractivity contribution in [3.8, 4) is 11.5 Å². The highest BCUT2D eigenvalue weighted by Crippen LogP contribution is 2.35. The third kappa shape index (κ3) is 5.44. The number of carbonyl (C=O) groups excluding carboxylic acids is 1. The van der Waals surface area contributed by atoms with Crippen molar-refractivity contribution in [1.82, 2.24) is 24.9 Å². The van der Waals surface area contributed by atoms with Crippen LogP contribution in [0.3, 0.4) is 0 Å². The number of likely N-dealkylation sites (tertiary alicyclic amines) is 1. The maximum atomic E-state index is 13.5. The van der Waals surface area contributed by atoms with Crippen LogP contribution in [0.25, 0.3) is 22.4 Å². The molecule has 11 heteroatoms. The topological polar surface area (TPSA) is 88.2 Å². The van der Waals surface area contributed by atoms with Crippen molar-refractivity contribution in [3.05, 3.63) is 30.2 Å². The molecular formula is C24H29F3N6O2. The SMILES string of the molecule is CCN1CCC(Nc2cccc3c2cc(-c2noc(CNC(=O)C4CC4)n2)n3CC(F)(F)F)CC1. The normalized spacial score (nSPS) is 17.7. The second-order valence-electron chi connectivity index (χ2n) is 9.33. The number of amides is 1. The van der Waals surface area contributed by atoms with E-state index in [9.17, 15) is 18.0 Å². The summed E-state index contributed by atoms with van der Waals surface area (Å²) in [5.74, 6) is 0.172. The van der Waals surface area contributed by atoms with Crippen molar-refractivity contribution in [3.63, 3.8) is 0 Å². The molecule has 0 radical (unpaired) electrons. The van der Waals surface area contributed by atoms with Crippen molar-refractivity contribution in [2.75, 3.05) is 25.0 Å². The van der Waals surface area contributed by atoms with Gasteiger partial charge in [0.1, 0.15) is 6.54 Å². The van der Waals surface area contributed by atoms with Gasteiger partial charge >= 0.3 is 6.18 Å². The summed E-state index contributed by atoms with van der Waals surface area (Å²) >= 11 is 0. The molecule has 8 nitrogen and oxygen atoms in total. The van der Waals surface area contributed by atoms with Crippen LogP contribution >= 0.6 is 0 Å². The predicted molar refractivity (Wildman–Crippen MR) is 125 cm³/mol. The van der Waals surface area contributed by atoms with Gasteiger partial charge < -0.3 is 24.6 Å². The highest BCUT2D eigenvalue weighted by molar-refractivity contribution is 5.96. The van der Waals surface area contributed by atoms with Gasteiger partial charge in [-0.15, -0.1) is 0 Å². The number of fused-ring (bicyclic) bond motifs is 1. The van der Waals surface area contributed by atoms with Gasteiger partial charge in [0.25, 0.3) is 0 Å². The van der Waals surface area contributed by atoms with E-state index < -0.39 is 12.7 Å². The number of carbonyl (C=O) groups is 1. The Morgan fingerprint density at radius 2 is 1.97 bits per heavy atom. The van der Waals surface area contributed by atoms with Crippen molar-refractivity contribution < 1.29 is 22.5 Å². The summed E-state index contributed by atoms with van der Waals surface area (Å²) in [4.78, 5) is 18.5. The van der Waals surface area contributed by atoms with Crippen LogP contribution in [0.2, 0.25) is 0 Å². The molecule has 35 heavy (non-hydrogen) atoms. The summed E-state index contributed by atoms with van der Waals surface area (Å²) in [6.07, 6.45) is -0.747. The van der Waals surface area contributed by atoms with E-state index in [1.807, 2.05) is 6.07 Å². The largest absolute Gasteiger partial charge is 0.406 e. The Kier molecular flexibility index (Phi) is 6.43. The molecule has 0 spiro atoms. The van der Waals surface area contributed by atoms with Crippen LogP contribution in [-0.4, -0.2) is 57.4 Å². The third-order valence-corrected chi connectivity index (χ3v) is 6.74. The molecule has 3 heterocycles. The quantitative estimate of drug-likeness (QED) is 0.493. The predicted octanol–water partition coefficient (Wildman–Crippen LogP) is 4.18. The Hall–Kier alpha value is -3.08. The average molecular weight is 491 g/mol. The molecule has 2 fully saturated rings. The van der Waals surface area contributed by atoms with Gasteiger partial charge in [-0.2, -0.15) is 18.2 Å². The van der Waals surface area contributed by atoms with Gasteiger partial charge in [0.05, 0.1) is 17.8 Å². The van der Waals surface area contributed by atoms with E-state index in [0.29, 0.717) is 10.9 Å². The molecule has 2 N–H and O–H groups in total. The van der Waals surface area contributed by atoms with Crippen LogP contribution < -0.4 is 10.6 Å². The van der Waals surface area contributed by atoms with Gasteiger partial charge in [0, 0.05) is 36.1 Å². The zero-order valence-electron chi connectivity index (χ0n) is 19.6. The molecule has 1 amide bonds. The van der Waals surface area contributed by atoms with Gasteiger partial charge in [-0.3, -0.25) is 4.79 Å². The number of alkyl halides is 3. The highest BCUT2D eigenvalue weighted by Gasteiger charge is 2.32. The molecule has 1 aliphatic carbocycles. The number of piperidine rings is 1. The fourth-order valence-electron chi connectivity index (χ4n) is 4.64. The summed E-state index contributed by atoms with van der Waals surface area (Å²) in [5.41, 5.74) is 1.46. The number of hydrogen-bond acceptors (Lipinski definition) is 6. The summed E-state index contributed by atoms with van der Waals surface area (Å²) < 4.78 is 47.0. The van der Waals surface area contributed by atoms with E-state index >= 15 is 0 Å². The average Bonchev–Trinajstić information content (AvgIpc) is 3.48. The second kappa shape index (κ2) is 9.52. The molecule has 3 aromatic rings. The minimum atomic E-state index is -4.43. The fraction of sp³-hybridized carbons (Fsp3) is 0.542. The first-order valence-corrected chi connectivity index (χ1v) is 12.1.